The van der Waals surface area contributed by atoms with Gasteiger partial charge in [0, 0.05) is 19.5 Å². The lowest BCUT2D eigenvalue weighted by Gasteiger charge is -2.25. The largest absolute Gasteiger partial charge is 0.497 e. The van der Waals surface area contributed by atoms with E-state index in [4.69, 9.17) is 9.47 Å². The molecule has 1 saturated heterocycles. The highest BCUT2D eigenvalue weighted by atomic mass is 16.5. The molecule has 9 nitrogen and oxygen atoms in total. The summed E-state index contributed by atoms with van der Waals surface area (Å²) in [5.41, 5.74) is 1.06. The highest BCUT2D eigenvalue weighted by Crippen LogP contribution is 2.24. The van der Waals surface area contributed by atoms with Crippen molar-refractivity contribution in [3.05, 3.63) is 47.8 Å². The molecule has 0 unspecified atom stereocenters. The molecule has 2 aromatic carbocycles. The number of rotatable bonds is 8. The van der Waals surface area contributed by atoms with Crippen molar-refractivity contribution in [2.45, 2.75) is 32.5 Å². The van der Waals surface area contributed by atoms with Gasteiger partial charge in [0.2, 0.25) is 5.91 Å². The van der Waals surface area contributed by atoms with E-state index in [-0.39, 0.29) is 11.9 Å². The van der Waals surface area contributed by atoms with Gasteiger partial charge >= 0.3 is 0 Å². The number of carbonyl (C=O) groups excluding carboxylic acids is 1. The average molecular weight is 425 g/mol. The van der Waals surface area contributed by atoms with Gasteiger partial charge in [-0.15, -0.1) is 5.10 Å². The Bertz CT molecular complexity index is 1030. The summed E-state index contributed by atoms with van der Waals surface area (Å²) in [7, 11) is 1.66. The van der Waals surface area contributed by atoms with E-state index in [1.165, 1.54) is 0 Å². The summed E-state index contributed by atoms with van der Waals surface area (Å²) >= 11 is 0. The van der Waals surface area contributed by atoms with Gasteiger partial charge in [-0.25, -0.2) is 4.68 Å². The molecule has 0 bridgehead atoms. The quantitative estimate of drug-likeness (QED) is 0.590. The number of methoxy groups -OCH3 is 1. The van der Waals surface area contributed by atoms with Crippen LogP contribution in [0.3, 0.4) is 0 Å². The number of carbonyl (C=O) groups is 1. The molecule has 4 rings (SSSR count). The molecule has 1 aromatic heterocycles. The first-order valence-electron chi connectivity index (χ1n) is 10.5. The topological polar surface area (TPSA) is 94.4 Å². The monoisotopic (exact) mass is 424 g/mol. The standard InChI is InChI=1S/C22H28N6O3/c1-16(17-3-4-19-14-20(30-2)6-5-18(19)13-17)23-22(29)7-8-28-21(24-25-26-28)15-27-9-11-31-12-10-27/h3-6,13-14,16H,7-12,15H2,1-2H3,(H,23,29)/t16-/m1/s1. The van der Waals surface area contributed by atoms with Crippen LogP contribution in [-0.2, 0) is 22.6 Å². The highest BCUT2D eigenvalue weighted by Gasteiger charge is 2.16. The molecule has 2 heterocycles. The SMILES string of the molecule is COc1ccc2cc([C@@H](C)NC(=O)CCn3nnnc3CN3CCOCC3)ccc2c1. The van der Waals surface area contributed by atoms with Gasteiger partial charge in [0.1, 0.15) is 5.75 Å². The summed E-state index contributed by atoms with van der Waals surface area (Å²) in [4.78, 5) is 14.8. The van der Waals surface area contributed by atoms with E-state index in [2.05, 4.69) is 37.9 Å². The smallest absolute Gasteiger partial charge is 0.222 e. The zero-order valence-electron chi connectivity index (χ0n) is 18.0. The molecule has 9 heteroatoms. The minimum atomic E-state index is -0.0966. The third kappa shape index (κ3) is 5.36. The number of amides is 1. The maximum Gasteiger partial charge on any atom is 0.222 e. The van der Waals surface area contributed by atoms with E-state index in [0.717, 1.165) is 54.2 Å². The number of benzene rings is 2. The van der Waals surface area contributed by atoms with Gasteiger partial charge in [0.05, 0.1) is 39.5 Å². The van der Waals surface area contributed by atoms with Gasteiger partial charge in [-0.3, -0.25) is 9.69 Å². The van der Waals surface area contributed by atoms with Crippen LogP contribution in [-0.4, -0.2) is 64.4 Å². The molecule has 0 saturated carbocycles. The number of morpholine rings is 1. The number of nitrogens with one attached hydrogen (secondary N) is 1. The lowest BCUT2D eigenvalue weighted by atomic mass is 10.0. The fraction of sp³-hybridized carbons (Fsp3) is 0.455. The molecule has 0 spiro atoms. The van der Waals surface area contributed by atoms with Crippen molar-refractivity contribution in [2.24, 2.45) is 0 Å². The molecule has 31 heavy (non-hydrogen) atoms. The molecule has 1 aliphatic rings. The number of aromatic nitrogens is 4. The van der Waals surface area contributed by atoms with Crippen LogP contribution >= 0.6 is 0 Å². The Balaban J connectivity index is 1.32. The fourth-order valence-electron chi connectivity index (χ4n) is 3.71. The second-order valence-corrected chi connectivity index (χ2v) is 7.72. The molecular weight excluding hydrogens is 396 g/mol. The minimum Gasteiger partial charge on any atom is -0.497 e. The van der Waals surface area contributed by atoms with Crippen molar-refractivity contribution in [1.82, 2.24) is 30.4 Å². The number of ether oxygens (including phenoxy) is 2. The molecule has 1 N–H and O–H groups in total. The Morgan fingerprint density at radius 1 is 1.19 bits per heavy atom. The van der Waals surface area contributed by atoms with Crippen molar-refractivity contribution in [2.75, 3.05) is 33.4 Å². The summed E-state index contributed by atoms with van der Waals surface area (Å²) in [5, 5.41) is 17.2. The van der Waals surface area contributed by atoms with Gasteiger partial charge < -0.3 is 14.8 Å². The van der Waals surface area contributed by atoms with Gasteiger partial charge in [-0.1, -0.05) is 18.2 Å². The van der Waals surface area contributed by atoms with Crippen LogP contribution in [0.25, 0.3) is 10.8 Å². The molecule has 1 atom stereocenters. The lowest BCUT2D eigenvalue weighted by molar-refractivity contribution is -0.122. The van der Waals surface area contributed by atoms with Crippen molar-refractivity contribution in [3.8, 4) is 5.75 Å². The van der Waals surface area contributed by atoms with Crippen molar-refractivity contribution >= 4 is 16.7 Å². The van der Waals surface area contributed by atoms with E-state index >= 15 is 0 Å². The van der Waals surface area contributed by atoms with E-state index in [9.17, 15) is 4.79 Å². The Morgan fingerprint density at radius 3 is 2.77 bits per heavy atom. The van der Waals surface area contributed by atoms with E-state index in [1.807, 2.05) is 31.2 Å². The molecular formula is C22H28N6O3. The van der Waals surface area contributed by atoms with Crippen LogP contribution in [0.4, 0.5) is 0 Å². The summed E-state index contributed by atoms with van der Waals surface area (Å²) in [6, 6.07) is 12.1. The normalized spacial score (nSPS) is 15.7. The third-order valence-electron chi connectivity index (χ3n) is 5.57. The van der Waals surface area contributed by atoms with Crippen molar-refractivity contribution in [3.63, 3.8) is 0 Å². The summed E-state index contributed by atoms with van der Waals surface area (Å²) < 4.78 is 12.4. The first-order chi connectivity index (χ1) is 15.1. The first-order valence-corrected chi connectivity index (χ1v) is 10.5. The number of fused-ring (bicyclic) bond motifs is 1. The Labute approximate surface area is 181 Å². The number of tetrazole rings is 1. The predicted molar refractivity (Wildman–Crippen MR) is 116 cm³/mol. The van der Waals surface area contributed by atoms with Crippen LogP contribution in [0.2, 0.25) is 0 Å². The zero-order valence-corrected chi connectivity index (χ0v) is 18.0. The van der Waals surface area contributed by atoms with Gasteiger partial charge in [-0.05, 0) is 51.9 Å². The Kier molecular flexibility index (Phi) is 6.73. The van der Waals surface area contributed by atoms with Gasteiger partial charge in [-0.2, -0.15) is 0 Å². The summed E-state index contributed by atoms with van der Waals surface area (Å²) in [5.74, 6) is 1.57. The van der Waals surface area contributed by atoms with Crippen molar-refractivity contribution in [1.29, 1.82) is 0 Å². The molecule has 164 valence electrons. The van der Waals surface area contributed by atoms with Crippen LogP contribution < -0.4 is 10.1 Å². The zero-order chi connectivity index (χ0) is 21.6. The summed E-state index contributed by atoms with van der Waals surface area (Å²) in [6.45, 7) is 6.28. The predicted octanol–water partition coefficient (Wildman–Crippen LogP) is 1.93. The van der Waals surface area contributed by atoms with Crippen molar-refractivity contribution < 1.29 is 14.3 Å². The van der Waals surface area contributed by atoms with E-state index < -0.39 is 0 Å². The Hall–Kier alpha value is -3.04. The van der Waals surface area contributed by atoms with E-state index in [1.54, 1.807) is 11.8 Å². The van der Waals surface area contributed by atoms with Gasteiger partial charge in [0.25, 0.3) is 0 Å². The molecule has 0 radical (unpaired) electrons. The maximum absolute atomic E-state index is 12.5. The molecule has 1 aliphatic heterocycles. The first kappa shape index (κ1) is 21.2. The fourth-order valence-corrected chi connectivity index (χ4v) is 3.71. The number of nitrogens with zero attached hydrogens (tertiary/aromatic N) is 5. The average Bonchev–Trinajstić information content (AvgIpc) is 3.24. The second kappa shape index (κ2) is 9.84. The van der Waals surface area contributed by atoms with Crippen LogP contribution in [0, 0.1) is 0 Å². The van der Waals surface area contributed by atoms with Crippen LogP contribution in [0.1, 0.15) is 30.8 Å². The molecule has 1 amide bonds. The molecule has 3 aromatic rings. The number of hydrogen-bond donors (Lipinski definition) is 1. The lowest BCUT2D eigenvalue weighted by Crippen LogP contribution is -2.36. The number of hydrogen-bond acceptors (Lipinski definition) is 7. The van der Waals surface area contributed by atoms with E-state index in [0.29, 0.717) is 19.5 Å². The number of aryl methyl sites for hydroxylation is 1. The van der Waals surface area contributed by atoms with Crippen LogP contribution in [0.5, 0.6) is 5.75 Å². The molecule has 0 aliphatic carbocycles. The summed E-state index contributed by atoms with van der Waals surface area (Å²) in [6.07, 6.45) is 0.316. The maximum atomic E-state index is 12.5. The van der Waals surface area contributed by atoms with Gasteiger partial charge in [0.15, 0.2) is 5.82 Å². The molecule has 1 fully saturated rings. The Morgan fingerprint density at radius 2 is 1.97 bits per heavy atom. The second-order valence-electron chi connectivity index (χ2n) is 7.72. The third-order valence-corrected chi connectivity index (χ3v) is 5.57. The highest BCUT2D eigenvalue weighted by molar-refractivity contribution is 5.85. The van der Waals surface area contributed by atoms with Crippen LogP contribution in [0.15, 0.2) is 36.4 Å². The minimum absolute atomic E-state index is 0.0323.